The van der Waals surface area contributed by atoms with E-state index in [0.717, 1.165) is 32.6 Å². The van der Waals surface area contributed by atoms with Crippen molar-refractivity contribution in [3.05, 3.63) is 35.9 Å². The number of aliphatic hydroxyl groups is 1. The molecule has 1 aliphatic rings. The molecule has 1 heterocycles. The molecule has 1 aliphatic heterocycles. The van der Waals surface area contributed by atoms with Gasteiger partial charge in [-0.05, 0) is 32.8 Å². The third-order valence-corrected chi connectivity index (χ3v) is 4.58. The minimum absolute atomic E-state index is 0.121. The summed E-state index contributed by atoms with van der Waals surface area (Å²) >= 11 is 0. The molecule has 0 aliphatic carbocycles. The largest absolute Gasteiger partial charge is 0.391 e. The zero-order valence-electron chi connectivity index (χ0n) is 15.0. The van der Waals surface area contributed by atoms with Crippen LogP contribution in [0.25, 0.3) is 0 Å². The smallest absolute Gasteiger partial charge is 0.0788 e. The Bertz CT molecular complexity index is 458. The summed E-state index contributed by atoms with van der Waals surface area (Å²) in [7, 11) is 1.65. The summed E-state index contributed by atoms with van der Waals surface area (Å²) in [5.74, 6) is 0. The first-order valence-electron chi connectivity index (χ1n) is 8.60. The summed E-state index contributed by atoms with van der Waals surface area (Å²) < 4.78 is 5.11. The summed E-state index contributed by atoms with van der Waals surface area (Å²) in [5, 5.41) is 10.2. The molecule has 1 N–H and O–H groups in total. The van der Waals surface area contributed by atoms with Crippen LogP contribution in [-0.4, -0.2) is 65.9 Å². The van der Waals surface area contributed by atoms with Crippen LogP contribution in [-0.2, 0) is 11.3 Å². The van der Waals surface area contributed by atoms with E-state index in [1.807, 2.05) is 0 Å². The summed E-state index contributed by atoms with van der Waals surface area (Å²) in [6.45, 7) is 11.3. The number of methoxy groups -OCH3 is 1. The van der Waals surface area contributed by atoms with Crippen LogP contribution < -0.4 is 0 Å². The molecule has 1 fully saturated rings. The molecule has 130 valence electrons. The molecule has 0 radical (unpaired) electrons. The highest BCUT2D eigenvalue weighted by atomic mass is 16.5. The molecule has 2 rings (SSSR count). The van der Waals surface area contributed by atoms with Gasteiger partial charge in [0.15, 0.2) is 0 Å². The van der Waals surface area contributed by atoms with Gasteiger partial charge in [-0.2, -0.15) is 0 Å². The molecule has 2 atom stereocenters. The number of piperazine rings is 1. The summed E-state index contributed by atoms with van der Waals surface area (Å²) in [4.78, 5) is 5.04. The molecular formula is C19H32N2O2. The number of rotatable bonds is 6. The SMILES string of the molecule is COC[C@@H](O)C[C@@H]1CN(Cc2ccccc2)CCN1C(C)(C)C. The molecule has 4 nitrogen and oxygen atoms in total. The molecule has 0 spiro atoms. The molecule has 1 saturated heterocycles. The normalized spacial score (nSPS) is 22.2. The lowest BCUT2D eigenvalue weighted by molar-refractivity contribution is -0.0273. The van der Waals surface area contributed by atoms with E-state index in [9.17, 15) is 5.11 Å². The van der Waals surface area contributed by atoms with Crippen LogP contribution in [0.2, 0.25) is 0 Å². The zero-order valence-corrected chi connectivity index (χ0v) is 15.0. The molecule has 4 heteroatoms. The lowest BCUT2D eigenvalue weighted by Crippen LogP contribution is -2.59. The van der Waals surface area contributed by atoms with E-state index < -0.39 is 6.10 Å². The molecule has 0 unspecified atom stereocenters. The van der Waals surface area contributed by atoms with Gasteiger partial charge in [-0.3, -0.25) is 9.80 Å². The topological polar surface area (TPSA) is 35.9 Å². The predicted molar refractivity (Wildman–Crippen MR) is 94.5 cm³/mol. The van der Waals surface area contributed by atoms with Crippen LogP contribution in [0.3, 0.4) is 0 Å². The van der Waals surface area contributed by atoms with E-state index in [2.05, 4.69) is 60.9 Å². The molecular weight excluding hydrogens is 288 g/mol. The lowest BCUT2D eigenvalue weighted by Gasteiger charge is -2.48. The van der Waals surface area contributed by atoms with E-state index in [1.165, 1.54) is 5.56 Å². The van der Waals surface area contributed by atoms with Crippen molar-refractivity contribution in [2.24, 2.45) is 0 Å². The highest BCUT2D eigenvalue weighted by Crippen LogP contribution is 2.25. The number of nitrogens with zero attached hydrogens (tertiary/aromatic N) is 2. The van der Waals surface area contributed by atoms with Crippen LogP contribution >= 0.6 is 0 Å². The van der Waals surface area contributed by atoms with E-state index in [1.54, 1.807) is 7.11 Å². The van der Waals surface area contributed by atoms with E-state index in [4.69, 9.17) is 4.74 Å². The van der Waals surface area contributed by atoms with Gasteiger partial charge >= 0.3 is 0 Å². The molecule has 0 amide bonds. The van der Waals surface area contributed by atoms with Gasteiger partial charge < -0.3 is 9.84 Å². The minimum Gasteiger partial charge on any atom is -0.391 e. The van der Waals surface area contributed by atoms with Crippen molar-refractivity contribution in [2.75, 3.05) is 33.4 Å². The van der Waals surface area contributed by atoms with Gasteiger partial charge in [-0.15, -0.1) is 0 Å². The first-order valence-corrected chi connectivity index (χ1v) is 8.60. The molecule has 1 aromatic rings. The first kappa shape index (κ1) is 18.4. The number of hydrogen-bond acceptors (Lipinski definition) is 4. The third kappa shape index (κ3) is 5.57. The summed E-state index contributed by atoms with van der Waals surface area (Å²) in [5.41, 5.74) is 1.48. The van der Waals surface area contributed by atoms with Gasteiger partial charge in [0.1, 0.15) is 0 Å². The van der Waals surface area contributed by atoms with Crippen molar-refractivity contribution in [1.29, 1.82) is 0 Å². The Morgan fingerprint density at radius 1 is 1.22 bits per heavy atom. The van der Waals surface area contributed by atoms with Crippen molar-refractivity contribution < 1.29 is 9.84 Å². The minimum atomic E-state index is -0.397. The van der Waals surface area contributed by atoms with Gasteiger partial charge in [-0.1, -0.05) is 30.3 Å². The Labute approximate surface area is 141 Å². The monoisotopic (exact) mass is 320 g/mol. The second-order valence-electron chi connectivity index (χ2n) is 7.58. The average Bonchev–Trinajstić information content (AvgIpc) is 2.47. The van der Waals surface area contributed by atoms with Gasteiger partial charge in [0.25, 0.3) is 0 Å². The number of hydrogen-bond donors (Lipinski definition) is 1. The average molecular weight is 320 g/mol. The van der Waals surface area contributed by atoms with Crippen molar-refractivity contribution in [3.63, 3.8) is 0 Å². The van der Waals surface area contributed by atoms with Crippen molar-refractivity contribution in [3.8, 4) is 0 Å². The molecule has 23 heavy (non-hydrogen) atoms. The van der Waals surface area contributed by atoms with Crippen molar-refractivity contribution in [2.45, 2.75) is 51.4 Å². The summed E-state index contributed by atoms with van der Waals surface area (Å²) in [6, 6.07) is 11.0. The van der Waals surface area contributed by atoms with Crippen molar-refractivity contribution in [1.82, 2.24) is 9.80 Å². The number of aliphatic hydroxyl groups excluding tert-OH is 1. The van der Waals surface area contributed by atoms with Crippen LogP contribution in [0.15, 0.2) is 30.3 Å². The van der Waals surface area contributed by atoms with Gasteiger partial charge in [-0.25, -0.2) is 0 Å². The van der Waals surface area contributed by atoms with Crippen LogP contribution in [0.4, 0.5) is 0 Å². The van der Waals surface area contributed by atoms with E-state index in [-0.39, 0.29) is 5.54 Å². The second-order valence-corrected chi connectivity index (χ2v) is 7.58. The maximum Gasteiger partial charge on any atom is 0.0788 e. The molecule has 0 bridgehead atoms. The third-order valence-electron chi connectivity index (χ3n) is 4.58. The quantitative estimate of drug-likeness (QED) is 0.873. The molecule has 0 saturated carbocycles. The Balaban J connectivity index is 2.02. The maximum atomic E-state index is 10.2. The predicted octanol–water partition coefficient (Wildman–Crippen LogP) is 2.37. The van der Waals surface area contributed by atoms with Gasteiger partial charge in [0.2, 0.25) is 0 Å². The fraction of sp³-hybridized carbons (Fsp3) is 0.684. The first-order chi connectivity index (χ1) is 10.9. The number of ether oxygens (including phenoxy) is 1. The fourth-order valence-corrected chi connectivity index (χ4v) is 3.56. The fourth-order valence-electron chi connectivity index (χ4n) is 3.56. The zero-order chi connectivity index (χ0) is 16.9. The standard InChI is InChI=1S/C19H32N2O2/c1-19(2,3)21-11-10-20(13-16-8-6-5-7-9-16)14-17(21)12-18(22)15-23-4/h5-9,17-18,22H,10-15H2,1-4H3/t17-,18+/m1/s1. The van der Waals surface area contributed by atoms with E-state index >= 15 is 0 Å². The highest BCUT2D eigenvalue weighted by molar-refractivity contribution is 5.14. The van der Waals surface area contributed by atoms with Crippen LogP contribution in [0.5, 0.6) is 0 Å². The Morgan fingerprint density at radius 3 is 2.52 bits per heavy atom. The number of benzene rings is 1. The Morgan fingerprint density at radius 2 is 1.91 bits per heavy atom. The van der Waals surface area contributed by atoms with Crippen molar-refractivity contribution >= 4 is 0 Å². The van der Waals surface area contributed by atoms with E-state index in [0.29, 0.717) is 12.6 Å². The molecule has 0 aromatic heterocycles. The Kier molecular flexibility index (Phi) is 6.60. The molecule has 1 aromatic carbocycles. The second kappa shape index (κ2) is 8.25. The van der Waals surface area contributed by atoms with Gasteiger partial charge in [0, 0.05) is 44.9 Å². The Hall–Kier alpha value is -0.940. The van der Waals surface area contributed by atoms with Crippen LogP contribution in [0.1, 0.15) is 32.8 Å². The van der Waals surface area contributed by atoms with Crippen LogP contribution in [0, 0.1) is 0 Å². The van der Waals surface area contributed by atoms with Gasteiger partial charge in [0.05, 0.1) is 12.7 Å². The highest BCUT2D eigenvalue weighted by Gasteiger charge is 2.34. The lowest BCUT2D eigenvalue weighted by atomic mass is 9.96. The maximum absolute atomic E-state index is 10.2. The summed E-state index contributed by atoms with van der Waals surface area (Å²) in [6.07, 6.45) is 0.364.